The average Bonchev–Trinajstić information content (AvgIpc) is 2.28. The minimum atomic E-state index is -0.000653. The van der Waals surface area contributed by atoms with Crippen molar-refractivity contribution in [2.45, 2.75) is 13.0 Å². The van der Waals surface area contributed by atoms with Crippen molar-refractivity contribution in [1.29, 1.82) is 0 Å². The van der Waals surface area contributed by atoms with Gasteiger partial charge in [-0.2, -0.15) is 0 Å². The van der Waals surface area contributed by atoms with Crippen LogP contribution in [-0.4, -0.2) is 0 Å². The molecule has 0 heterocycles. The highest BCUT2D eigenvalue weighted by atomic mass is 79.9. The van der Waals surface area contributed by atoms with Crippen LogP contribution < -0.4 is 10.5 Å². The van der Waals surface area contributed by atoms with E-state index >= 15 is 0 Å². The van der Waals surface area contributed by atoms with Crippen LogP contribution in [0.2, 0.25) is 0 Å². The first-order valence-corrected chi connectivity index (χ1v) is 7.13. The lowest BCUT2D eigenvalue weighted by atomic mass is 10.1. The van der Waals surface area contributed by atoms with Gasteiger partial charge in [0.25, 0.3) is 0 Å². The Kier molecular flexibility index (Phi) is 4.43. The zero-order chi connectivity index (χ0) is 13.1. The van der Waals surface area contributed by atoms with Crippen LogP contribution in [0.25, 0.3) is 0 Å². The molecule has 2 nitrogen and oxygen atoms in total. The van der Waals surface area contributed by atoms with Gasteiger partial charge < -0.3 is 10.5 Å². The van der Waals surface area contributed by atoms with Gasteiger partial charge in [0.1, 0.15) is 11.5 Å². The molecule has 94 valence electrons. The number of ether oxygens (including phenoxy) is 1. The molecule has 0 saturated carbocycles. The van der Waals surface area contributed by atoms with Crippen LogP contribution in [-0.2, 0) is 0 Å². The highest BCUT2D eigenvalue weighted by Gasteiger charge is 2.06. The second-order valence-corrected chi connectivity index (χ2v) is 5.80. The van der Waals surface area contributed by atoms with E-state index in [0.29, 0.717) is 0 Å². The maximum atomic E-state index is 5.86. The molecule has 2 N–H and O–H groups in total. The van der Waals surface area contributed by atoms with E-state index < -0.39 is 0 Å². The molecule has 0 aliphatic carbocycles. The summed E-state index contributed by atoms with van der Waals surface area (Å²) in [6.07, 6.45) is 0. The third-order valence-corrected chi connectivity index (χ3v) is 3.67. The fraction of sp³-hybridized carbons (Fsp3) is 0.143. The van der Waals surface area contributed by atoms with Crippen molar-refractivity contribution < 1.29 is 4.74 Å². The second-order valence-electron chi connectivity index (χ2n) is 4.03. The summed E-state index contributed by atoms with van der Waals surface area (Å²) in [5.41, 5.74) is 6.93. The number of nitrogens with two attached hydrogens (primary N) is 1. The monoisotopic (exact) mass is 369 g/mol. The minimum Gasteiger partial charge on any atom is -0.457 e. The van der Waals surface area contributed by atoms with Gasteiger partial charge in [-0.25, -0.2) is 0 Å². The van der Waals surface area contributed by atoms with Crippen molar-refractivity contribution in [3.63, 3.8) is 0 Å². The van der Waals surface area contributed by atoms with Crippen molar-refractivity contribution in [3.05, 3.63) is 57.0 Å². The van der Waals surface area contributed by atoms with Crippen LogP contribution in [0, 0.1) is 0 Å². The molecule has 4 heteroatoms. The van der Waals surface area contributed by atoms with Crippen LogP contribution in [0.3, 0.4) is 0 Å². The smallest absolute Gasteiger partial charge is 0.128 e. The Labute approximate surface area is 123 Å². The molecule has 0 spiro atoms. The minimum absolute atomic E-state index is 0.000653. The Hall–Kier alpha value is -0.840. The zero-order valence-electron chi connectivity index (χ0n) is 9.86. The molecule has 0 bridgehead atoms. The van der Waals surface area contributed by atoms with Gasteiger partial charge in [0.2, 0.25) is 0 Å². The fourth-order valence-electron chi connectivity index (χ4n) is 1.61. The first kappa shape index (κ1) is 13.6. The predicted molar refractivity (Wildman–Crippen MR) is 81.0 cm³/mol. The number of benzene rings is 2. The van der Waals surface area contributed by atoms with Crippen LogP contribution in [0.5, 0.6) is 11.5 Å². The SMILES string of the molecule is C[C@@H](N)c1ccc(Oc2cccc(Br)c2)cc1Br. The lowest BCUT2D eigenvalue weighted by molar-refractivity contribution is 0.481. The molecule has 0 saturated heterocycles. The maximum absolute atomic E-state index is 5.86. The first-order valence-electron chi connectivity index (χ1n) is 5.54. The molecule has 0 fully saturated rings. The van der Waals surface area contributed by atoms with Crippen LogP contribution in [0.15, 0.2) is 51.4 Å². The molecular formula is C14H13Br2NO. The maximum Gasteiger partial charge on any atom is 0.128 e. The van der Waals surface area contributed by atoms with Gasteiger partial charge in [0.15, 0.2) is 0 Å². The normalized spacial score (nSPS) is 12.2. The molecule has 1 atom stereocenters. The Bertz CT molecular complexity index is 555. The molecule has 0 aromatic heterocycles. The second kappa shape index (κ2) is 5.87. The Morgan fingerprint density at radius 3 is 2.39 bits per heavy atom. The van der Waals surface area contributed by atoms with Crippen molar-refractivity contribution in [1.82, 2.24) is 0 Å². The van der Waals surface area contributed by atoms with E-state index in [1.54, 1.807) is 0 Å². The Morgan fingerprint density at radius 2 is 1.78 bits per heavy atom. The summed E-state index contributed by atoms with van der Waals surface area (Å²) in [5, 5.41) is 0. The third-order valence-electron chi connectivity index (χ3n) is 2.49. The van der Waals surface area contributed by atoms with E-state index in [9.17, 15) is 0 Å². The molecular weight excluding hydrogens is 358 g/mol. The first-order chi connectivity index (χ1) is 8.56. The summed E-state index contributed by atoms with van der Waals surface area (Å²) in [7, 11) is 0. The molecule has 0 aliphatic heterocycles. The lowest BCUT2D eigenvalue weighted by Crippen LogP contribution is -2.05. The van der Waals surface area contributed by atoms with Gasteiger partial charge in [0.05, 0.1) is 0 Å². The molecule has 0 aliphatic rings. The average molecular weight is 371 g/mol. The molecule has 2 rings (SSSR count). The van der Waals surface area contributed by atoms with Crippen molar-refractivity contribution in [3.8, 4) is 11.5 Å². The van der Waals surface area contributed by atoms with E-state index in [1.165, 1.54) is 0 Å². The topological polar surface area (TPSA) is 35.2 Å². The van der Waals surface area contributed by atoms with Gasteiger partial charge >= 0.3 is 0 Å². The summed E-state index contributed by atoms with van der Waals surface area (Å²) < 4.78 is 7.73. The van der Waals surface area contributed by atoms with Crippen LogP contribution >= 0.6 is 31.9 Å². The highest BCUT2D eigenvalue weighted by molar-refractivity contribution is 9.10. The van der Waals surface area contributed by atoms with Gasteiger partial charge in [-0.3, -0.25) is 0 Å². The Morgan fingerprint density at radius 1 is 1.06 bits per heavy atom. The quantitative estimate of drug-likeness (QED) is 0.822. The molecule has 0 unspecified atom stereocenters. The summed E-state index contributed by atoms with van der Waals surface area (Å²) >= 11 is 6.92. The van der Waals surface area contributed by atoms with Gasteiger partial charge in [-0.1, -0.05) is 44.0 Å². The zero-order valence-corrected chi connectivity index (χ0v) is 13.0. The molecule has 2 aromatic carbocycles. The lowest BCUT2D eigenvalue weighted by Gasteiger charge is -2.11. The van der Waals surface area contributed by atoms with E-state index in [1.807, 2.05) is 49.4 Å². The third kappa shape index (κ3) is 3.34. The predicted octanol–water partition coefficient (Wildman–Crippen LogP) is 5.02. The van der Waals surface area contributed by atoms with Gasteiger partial charge in [0, 0.05) is 15.0 Å². The number of hydrogen-bond donors (Lipinski definition) is 1. The van der Waals surface area contributed by atoms with Crippen LogP contribution in [0.4, 0.5) is 0 Å². The largest absolute Gasteiger partial charge is 0.457 e. The van der Waals surface area contributed by atoms with Crippen molar-refractivity contribution in [2.75, 3.05) is 0 Å². The molecule has 0 amide bonds. The standard InChI is InChI=1S/C14H13Br2NO/c1-9(17)13-6-5-12(8-14(13)16)18-11-4-2-3-10(15)7-11/h2-9H,17H2,1H3/t9-/m1/s1. The van der Waals surface area contributed by atoms with E-state index in [0.717, 1.165) is 26.0 Å². The summed E-state index contributed by atoms with van der Waals surface area (Å²) in [5.74, 6) is 1.58. The van der Waals surface area contributed by atoms with E-state index in [4.69, 9.17) is 10.5 Å². The van der Waals surface area contributed by atoms with Crippen molar-refractivity contribution in [2.24, 2.45) is 5.73 Å². The van der Waals surface area contributed by atoms with Crippen molar-refractivity contribution >= 4 is 31.9 Å². The number of rotatable bonds is 3. The highest BCUT2D eigenvalue weighted by Crippen LogP contribution is 2.30. The summed E-state index contributed by atoms with van der Waals surface area (Å²) in [6.45, 7) is 1.95. The van der Waals surface area contributed by atoms with Gasteiger partial charge in [-0.05, 0) is 42.8 Å². The fourth-order valence-corrected chi connectivity index (χ4v) is 2.70. The number of hydrogen-bond acceptors (Lipinski definition) is 2. The van der Waals surface area contributed by atoms with Crippen LogP contribution in [0.1, 0.15) is 18.5 Å². The summed E-state index contributed by atoms with van der Waals surface area (Å²) in [4.78, 5) is 0. The number of halogens is 2. The van der Waals surface area contributed by atoms with E-state index in [-0.39, 0.29) is 6.04 Å². The molecule has 2 aromatic rings. The Balaban J connectivity index is 2.23. The van der Waals surface area contributed by atoms with E-state index in [2.05, 4.69) is 31.9 Å². The molecule has 18 heavy (non-hydrogen) atoms. The molecule has 0 radical (unpaired) electrons. The van der Waals surface area contributed by atoms with Gasteiger partial charge in [-0.15, -0.1) is 0 Å². The summed E-state index contributed by atoms with van der Waals surface area (Å²) in [6, 6.07) is 13.6.